The quantitative estimate of drug-likeness (QED) is 0.931. The first-order valence-electron chi connectivity index (χ1n) is 4.95. The van der Waals surface area contributed by atoms with Gasteiger partial charge in [-0.1, -0.05) is 0 Å². The molecule has 0 radical (unpaired) electrons. The van der Waals surface area contributed by atoms with E-state index in [0.29, 0.717) is 0 Å². The molecule has 5 nitrogen and oxygen atoms in total. The number of aromatic nitrogens is 4. The molecule has 6 heteroatoms. The minimum Gasteiger partial charge on any atom is -0.365 e. The van der Waals surface area contributed by atoms with Crippen LogP contribution in [0, 0.1) is 0 Å². The predicted octanol–water partition coefficient (Wildman–Crippen LogP) is 1.94. The van der Waals surface area contributed by atoms with E-state index in [1.807, 2.05) is 16.9 Å². The molecule has 0 saturated carbocycles. The molecule has 0 aliphatic rings. The molecule has 2 aromatic heterocycles. The average Bonchev–Trinajstić information content (AvgIpc) is 2.74. The van der Waals surface area contributed by atoms with E-state index in [1.165, 1.54) is 6.33 Å². The number of nitrogens with zero attached hydrogens (tertiary/aromatic N) is 4. The number of anilines is 1. The van der Waals surface area contributed by atoms with Crippen LogP contribution in [-0.2, 0) is 6.54 Å². The normalized spacial score (nSPS) is 12.4. The maximum absolute atomic E-state index is 4.15. The van der Waals surface area contributed by atoms with Gasteiger partial charge in [0.1, 0.15) is 12.1 Å². The molecule has 0 fully saturated rings. The molecule has 0 aliphatic carbocycles. The molecule has 84 valence electrons. The highest BCUT2D eigenvalue weighted by Gasteiger charge is 2.06. The number of hydrogen-bond acceptors (Lipinski definition) is 4. The number of hydrogen-bond donors (Lipinski definition) is 1. The summed E-state index contributed by atoms with van der Waals surface area (Å²) in [5, 5.41) is 7.44. The molecule has 2 rings (SSSR count). The molecular formula is C10H12BrN5. The van der Waals surface area contributed by atoms with Gasteiger partial charge >= 0.3 is 0 Å². The second-order valence-corrected chi connectivity index (χ2v) is 4.35. The fourth-order valence-corrected chi connectivity index (χ4v) is 1.72. The Morgan fingerprint density at radius 2 is 2.44 bits per heavy atom. The second-order valence-electron chi connectivity index (χ2n) is 3.49. The van der Waals surface area contributed by atoms with E-state index in [2.05, 4.69) is 43.2 Å². The molecule has 0 spiro atoms. The summed E-state index contributed by atoms with van der Waals surface area (Å²) in [5.41, 5.74) is 0. The Morgan fingerprint density at radius 3 is 3.12 bits per heavy atom. The number of nitrogens with one attached hydrogen (secondary N) is 1. The minimum absolute atomic E-state index is 0.242. The summed E-state index contributed by atoms with van der Waals surface area (Å²) in [6.07, 6.45) is 6.95. The lowest BCUT2D eigenvalue weighted by atomic mass is 10.3. The van der Waals surface area contributed by atoms with Crippen LogP contribution in [0.15, 0.2) is 35.5 Å². The van der Waals surface area contributed by atoms with E-state index in [1.54, 1.807) is 12.4 Å². The van der Waals surface area contributed by atoms with Gasteiger partial charge in [0.2, 0.25) is 0 Å². The van der Waals surface area contributed by atoms with Gasteiger partial charge < -0.3 is 5.32 Å². The van der Waals surface area contributed by atoms with Crippen LogP contribution in [0.1, 0.15) is 6.92 Å². The van der Waals surface area contributed by atoms with Crippen LogP contribution >= 0.6 is 15.9 Å². The monoisotopic (exact) mass is 281 g/mol. The van der Waals surface area contributed by atoms with Gasteiger partial charge in [-0.2, -0.15) is 5.10 Å². The van der Waals surface area contributed by atoms with Crippen LogP contribution < -0.4 is 5.32 Å². The van der Waals surface area contributed by atoms with Crippen molar-refractivity contribution in [1.82, 2.24) is 19.7 Å². The number of halogens is 1. The summed E-state index contributed by atoms with van der Waals surface area (Å²) < 4.78 is 2.74. The molecule has 2 heterocycles. The largest absolute Gasteiger partial charge is 0.365 e. The van der Waals surface area contributed by atoms with Crippen molar-refractivity contribution in [3.8, 4) is 0 Å². The zero-order chi connectivity index (χ0) is 11.4. The predicted molar refractivity (Wildman–Crippen MR) is 65.0 cm³/mol. The zero-order valence-corrected chi connectivity index (χ0v) is 10.4. The van der Waals surface area contributed by atoms with Crippen molar-refractivity contribution in [1.29, 1.82) is 0 Å². The van der Waals surface area contributed by atoms with Crippen LogP contribution in [0.25, 0.3) is 0 Å². The highest BCUT2D eigenvalue weighted by molar-refractivity contribution is 9.10. The molecule has 1 atom stereocenters. The second kappa shape index (κ2) is 5.07. The topological polar surface area (TPSA) is 55.6 Å². The summed E-state index contributed by atoms with van der Waals surface area (Å²) in [6, 6.07) is 2.15. The van der Waals surface area contributed by atoms with Crippen LogP contribution in [0.3, 0.4) is 0 Å². The summed E-state index contributed by atoms with van der Waals surface area (Å²) in [4.78, 5) is 8.06. The van der Waals surface area contributed by atoms with Gasteiger partial charge in [0.25, 0.3) is 0 Å². The Kier molecular flexibility index (Phi) is 3.51. The fourth-order valence-electron chi connectivity index (χ4n) is 1.39. The highest BCUT2D eigenvalue weighted by Crippen LogP contribution is 2.17. The molecule has 16 heavy (non-hydrogen) atoms. The van der Waals surface area contributed by atoms with Crippen LogP contribution in [0.4, 0.5) is 5.82 Å². The lowest BCUT2D eigenvalue weighted by Gasteiger charge is -2.15. The van der Waals surface area contributed by atoms with E-state index in [4.69, 9.17) is 0 Å². The first-order chi connectivity index (χ1) is 7.75. The molecular weight excluding hydrogens is 270 g/mol. The Balaban J connectivity index is 1.97. The van der Waals surface area contributed by atoms with Crippen molar-refractivity contribution in [2.24, 2.45) is 0 Å². The minimum atomic E-state index is 0.242. The van der Waals surface area contributed by atoms with Gasteiger partial charge in [-0.3, -0.25) is 4.68 Å². The van der Waals surface area contributed by atoms with Crippen molar-refractivity contribution in [3.63, 3.8) is 0 Å². The Labute approximate surface area is 102 Å². The smallest absolute Gasteiger partial charge is 0.144 e. The maximum atomic E-state index is 4.15. The third-order valence-corrected chi connectivity index (χ3v) is 2.65. The first kappa shape index (κ1) is 11.1. The third-order valence-electron chi connectivity index (χ3n) is 2.07. The standard InChI is InChI=1S/C10H12BrN5/c1-8(6-16-4-2-3-14-16)15-10-9(11)5-12-7-13-10/h2-5,7-8H,6H2,1H3,(H,12,13,15). The lowest BCUT2D eigenvalue weighted by molar-refractivity contribution is 0.559. The molecule has 2 aromatic rings. The first-order valence-corrected chi connectivity index (χ1v) is 5.74. The molecule has 0 aliphatic heterocycles. The zero-order valence-electron chi connectivity index (χ0n) is 8.84. The van der Waals surface area contributed by atoms with Crippen molar-refractivity contribution in [2.45, 2.75) is 19.5 Å². The summed E-state index contributed by atoms with van der Waals surface area (Å²) in [6.45, 7) is 2.87. The van der Waals surface area contributed by atoms with Crippen molar-refractivity contribution >= 4 is 21.7 Å². The highest BCUT2D eigenvalue weighted by atomic mass is 79.9. The molecule has 0 amide bonds. The van der Waals surface area contributed by atoms with E-state index in [0.717, 1.165) is 16.8 Å². The van der Waals surface area contributed by atoms with Crippen molar-refractivity contribution in [2.75, 3.05) is 5.32 Å². The van der Waals surface area contributed by atoms with Crippen LogP contribution in [0.5, 0.6) is 0 Å². The third kappa shape index (κ3) is 2.79. The SMILES string of the molecule is CC(Cn1cccn1)Nc1ncncc1Br. The van der Waals surface area contributed by atoms with Crippen molar-refractivity contribution < 1.29 is 0 Å². The van der Waals surface area contributed by atoms with Gasteiger partial charge in [-0.25, -0.2) is 9.97 Å². The van der Waals surface area contributed by atoms with Gasteiger partial charge in [-0.05, 0) is 28.9 Å². The van der Waals surface area contributed by atoms with Gasteiger partial charge in [0, 0.05) is 24.6 Å². The van der Waals surface area contributed by atoms with E-state index < -0.39 is 0 Å². The van der Waals surface area contributed by atoms with Gasteiger partial charge in [0.05, 0.1) is 11.0 Å². The number of rotatable bonds is 4. The maximum Gasteiger partial charge on any atom is 0.144 e. The van der Waals surface area contributed by atoms with Crippen LogP contribution in [0.2, 0.25) is 0 Å². The molecule has 0 saturated heterocycles. The molecule has 1 N–H and O–H groups in total. The molecule has 1 unspecified atom stereocenters. The van der Waals surface area contributed by atoms with E-state index in [-0.39, 0.29) is 6.04 Å². The van der Waals surface area contributed by atoms with Crippen LogP contribution in [-0.4, -0.2) is 25.8 Å². The summed E-state index contributed by atoms with van der Waals surface area (Å²) in [7, 11) is 0. The van der Waals surface area contributed by atoms with Gasteiger partial charge in [-0.15, -0.1) is 0 Å². The average molecular weight is 282 g/mol. The van der Waals surface area contributed by atoms with Crippen molar-refractivity contribution in [3.05, 3.63) is 35.5 Å². The van der Waals surface area contributed by atoms with E-state index >= 15 is 0 Å². The Bertz CT molecular complexity index is 442. The molecule has 0 aromatic carbocycles. The lowest BCUT2D eigenvalue weighted by Crippen LogP contribution is -2.23. The Morgan fingerprint density at radius 1 is 1.56 bits per heavy atom. The van der Waals surface area contributed by atoms with Gasteiger partial charge in [0.15, 0.2) is 0 Å². The fraction of sp³-hybridized carbons (Fsp3) is 0.300. The summed E-state index contributed by atoms with van der Waals surface area (Å²) >= 11 is 3.39. The van der Waals surface area contributed by atoms with E-state index in [9.17, 15) is 0 Å². The Hall–Kier alpha value is -1.43. The summed E-state index contributed by atoms with van der Waals surface area (Å²) in [5.74, 6) is 0.801. The molecule has 0 bridgehead atoms.